The molecule has 1 unspecified atom stereocenters. The van der Waals surface area contributed by atoms with Gasteiger partial charge >= 0.3 is 12.0 Å². The van der Waals surface area contributed by atoms with Gasteiger partial charge in [-0.15, -0.1) is 6.42 Å². The number of carboxylic acids is 1. The van der Waals surface area contributed by atoms with Crippen molar-refractivity contribution < 1.29 is 14.7 Å². The van der Waals surface area contributed by atoms with Gasteiger partial charge in [-0.05, 0) is 26.9 Å². The van der Waals surface area contributed by atoms with E-state index in [1.807, 2.05) is 14.0 Å². The molecule has 1 fully saturated rings. The average molecular weight is 267 g/mol. The summed E-state index contributed by atoms with van der Waals surface area (Å²) in [5.41, 5.74) is 0. The summed E-state index contributed by atoms with van der Waals surface area (Å²) >= 11 is 0. The quantitative estimate of drug-likeness (QED) is 0.739. The molecule has 1 rings (SSSR count). The minimum Gasteiger partial charge on any atom is -0.480 e. The first-order chi connectivity index (χ1) is 8.95. The number of aliphatic carboxylic acids is 1. The van der Waals surface area contributed by atoms with Crippen molar-refractivity contribution in [2.45, 2.75) is 19.4 Å². The summed E-state index contributed by atoms with van der Waals surface area (Å²) in [7, 11) is 2.01. The van der Waals surface area contributed by atoms with Crippen molar-refractivity contribution in [3.63, 3.8) is 0 Å². The fourth-order valence-electron chi connectivity index (χ4n) is 2.30. The Balaban J connectivity index is 2.76. The van der Waals surface area contributed by atoms with Gasteiger partial charge in [-0.2, -0.15) is 0 Å². The van der Waals surface area contributed by atoms with Gasteiger partial charge in [-0.25, -0.2) is 4.79 Å². The second-order valence-electron chi connectivity index (χ2n) is 4.89. The number of terminal acetylenes is 1. The van der Waals surface area contributed by atoms with Crippen LogP contribution in [0.2, 0.25) is 0 Å². The lowest BCUT2D eigenvalue weighted by atomic mass is 10.3. The van der Waals surface area contributed by atoms with Crippen LogP contribution in [0, 0.1) is 12.3 Å². The molecular weight excluding hydrogens is 246 g/mol. The summed E-state index contributed by atoms with van der Waals surface area (Å²) in [5.74, 6) is 1.28. The number of nitrogens with zero attached hydrogens (tertiary/aromatic N) is 3. The molecule has 1 heterocycles. The number of carboxylic acid groups (broad SMARTS) is 1. The van der Waals surface area contributed by atoms with Crippen LogP contribution in [0.4, 0.5) is 4.79 Å². The number of carbonyl (C=O) groups is 2. The van der Waals surface area contributed by atoms with E-state index in [0.29, 0.717) is 6.54 Å². The van der Waals surface area contributed by atoms with E-state index in [-0.39, 0.29) is 25.2 Å². The molecule has 19 heavy (non-hydrogen) atoms. The first kappa shape index (κ1) is 15.3. The van der Waals surface area contributed by atoms with Crippen LogP contribution in [0.15, 0.2) is 0 Å². The smallest absolute Gasteiger partial charge is 0.323 e. The third-order valence-corrected chi connectivity index (χ3v) is 3.17. The van der Waals surface area contributed by atoms with E-state index in [9.17, 15) is 9.59 Å². The lowest BCUT2D eigenvalue weighted by molar-refractivity contribution is -0.137. The van der Waals surface area contributed by atoms with E-state index in [0.717, 1.165) is 19.5 Å². The summed E-state index contributed by atoms with van der Waals surface area (Å²) in [6.45, 7) is 3.97. The van der Waals surface area contributed by atoms with Gasteiger partial charge in [0.2, 0.25) is 0 Å². The summed E-state index contributed by atoms with van der Waals surface area (Å²) in [4.78, 5) is 28.2. The first-order valence-corrected chi connectivity index (χ1v) is 6.35. The van der Waals surface area contributed by atoms with Crippen molar-refractivity contribution >= 4 is 12.0 Å². The Morgan fingerprint density at radius 2 is 2.16 bits per heavy atom. The van der Waals surface area contributed by atoms with Crippen LogP contribution < -0.4 is 0 Å². The molecule has 1 saturated heterocycles. The molecule has 0 radical (unpaired) electrons. The lowest BCUT2D eigenvalue weighted by Crippen LogP contribution is -2.50. The first-order valence-electron chi connectivity index (χ1n) is 6.35. The topological polar surface area (TPSA) is 64.1 Å². The Labute approximate surface area is 114 Å². The Kier molecular flexibility index (Phi) is 5.64. The van der Waals surface area contributed by atoms with Crippen molar-refractivity contribution in [2.24, 2.45) is 0 Å². The molecule has 0 spiro atoms. The minimum absolute atomic E-state index is 0.0180. The van der Waals surface area contributed by atoms with Crippen LogP contribution in [-0.2, 0) is 4.79 Å². The van der Waals surface area contributed by atoms with Crippen LogP contribution in [0.25, 0.3) is 0 Å². The van der Waals surface area contributed by atoms with Crippen LogP contribution in [-0.4, -0.2) is 77.6 Å². The zero-order valence-electron chi connectivity index (χ0n) is 11.5. The van der Waals surface area contributed by atoms with E-state index >= 15 is 0 Å². The predicted molar refractivity (Wildman–Crippen MR) is 71.7 cm³/mol. The number of carbonyl (C=O) groups excluding carboxylic acids is 1. The minimum atomic E-state index is -1.05. The van der Waals surface area contributed by atoms with Crippen molar-refractivity contribution in [3.8, 4) is 12.3 Å². The largest absolute Gasteiger partial charge is 0.480 e. The molecule has 1 atom stereocenters. The van der Waals surface area contributed by atoms with Gasteiger partial charge in [-0.3, -0.25) is 4.79 Å². The molecule has 1 N–H and O–H groups in total. The maximum Gasteiger partial charge on any atom is 0.323 e. The molecule has 0 aromatic rings. The highest BCUT2D eigenvalue weighted by molar-refractivity contribution is 5.80. The molecule has 0 saturated carbocycles. The van der Waals surface area contributed by atoms with E-state index in [2.05, 4.69) is 10.8 Å². The zero-order valence-corrected chi connectivity index (χ0v) is 11.5. The van der Waals surface area contributed by atoms with Gasteiger partial charge in [0.1, 0.15) is 6.54 Å². The van der Waals surface area contributed by atoms with Gasteiger partial charge < -0.3 is 19.8 Å². The van der Waals surface area contributed by atoms with Crippen molar-refractivity contribution in [3.05, 3.63) is 0 Å². The fourth-order valence-corrected chi connectivity index (χ4v) is 2.30. The number of likely N-dealkylation sites (N-methyl/N-ethyl adjacent to an activating group) is 1. The second kappa shape index (κ2) is 7.00. The fraction of sp³-hybridized carbons (Fsp3) is 0.692. The Hall–Kier alpha value is -1.74. The number of hydrogen-bond donors (Lipinski definition) is 1. The number of urea groups is 1. The van der Waals surface area contributed by atoms with E-state index < -0.39 is 5.97 Å². The molecule has 2 amide bonds. The van der Waals surface area contributed by atoms with Crippen LogP contribution >= 0.6 is 0 Å². The molecule has 106 valence electrons. The van der Waals surface area contributed by atoms with Gasteiger partial charge in [0.15, 0.2) is 0 Å². The molecule has 0 bridgehead atoms. The molecule has 0 aromatic carbocycles. The molecule has 0 aliphatic carbocycles. The highest BCUT2D eigenvalue weighted by Crippen LogP contribution is 2.11. The van der Waals surface area contributed by atoms with Gasteiger partial charge in [0.25, 0.3) is 0 Å². The summed E-state index contributed by atoms with van der Waals surface area (Å²) in [6, 6.07) is -0.239. The monoisotopic (exact) mass is 267 g/mol. The second-order valence-corrected chi connectivity index (χ2v) is 4.89. The van der Waals surface area contributed by atoms with Gasteiger partial charge in [-0.1, -0.05) is 5.92 Å². The highest BCUT2D eigenvalue weighted by atomic mass is 16.4. The van der Waals surface area contributed by atoms with Crippen LogP contribution in [0.3, 0.4) is 0 Å². The van der Waals surface area contributed by atoms with E-state index in [1.165, 1.54) is 4.90 Å². The summed E-state index contributed by atoms with van der Waals surface area (Å²) in [6.07, 6.45) is 6.07. The standard InChI is InChI=1S/C13H21N3O3/c1-4-6-15(10-12(17)18)13(19)16-8-5-7-14(3)9-11(16)2/h1,11H,5-10H2,2-3H3,(H,17,18). The third-order valence-electron chi connectivity index (χ3n) is 3.17. The lowest BCUT2D eigenvalue weighted by Gasteiger charge is -2.32. The SMILES string of the molecule is C#CCN(CC(=O)O)C(=O)N1CCCN(C)CC1C. The Morgan fingerprint density at radius 3 is 2.74 bits per heavy atom. The molecule has 1 aliphatic heterocycles. The normalized spacial score (nSPS) is 20.5. The predicted octanol–water partition coefficient (Wildman–Crippen LogP) is 0.152. The highest BCUT2D eigenvalue weighted by Gasteiger charge is 2.28. The van der Waals surface area contributed by atoms with E-state index in [4.69, 9.17) is 11.5 Å². The third kappa shape index (κ3) is 4.45. The maximum atomic E-state index is 12.4. The van der Waals surface area contributed by atoms with Crippen LogP contribution in [0.5, 0.6) is 0 Å². The Morgan fingerprint density at radius 1 is 1.47 bits per heavy atom. The van der Waals surface area contributed by atoms with Crippen molar-refractivity contribution in [1.29, 1.82) is 0 Å². The average Bonchev–Trinajstić information content (AvgIpc) is 2.48. The number of rotatable bonds is 3. The van der Waals surface area contributed by atoms with Gasteiger partial charge in [0, 0.05) is 19.1 Å². The molecular formula is C13H21N3O3. The maximum absolute atomic E-state index is 12.4. The Bertz CT molecular complexity index is 378. The van der Waals surface area contributed by atoms with Gasteiger partial charge in [0.05, 0.1) is 6.54 Å². The van der Waals surface area contributed by atoms with E-state index in [1.54, 1.807) is 4.90 Å². The zero-order chi connectivity index (χ0) is 14.4. The molecule has 6 nitrogen and oxygen atoms in total. The van der Waals surface area contributed by atoms with Crippen molar-refractivity contribution in [1.82, 2.24) is 14.7 Å². The summed E-state index contributed by atoms with van der Waals surface area (Å²) < 4.78 is 0. The number of amides is 2. The summed E-state index contributed by atoms with van der Waals surface area (Å²) in [5, 5.41) is 8.83. The van der Waals surface area contributed by atoms with Crippen molar-refractivity contribution in [2.75, 3.05) is 39.8 Å². The number of hydrogen-bond acceptors (Lipinski definition) is 3. The molecule has 0 aromatic heterocycles. The molecule has 1 aliphatic rings. The van der Waals surface area contributed by atoms with Crippen LogP contribution in [0.1, 0.15) is 13.3 Å². The molecule has 6 heteroatoms.